The smallest absolute Gasteiger partial charge is 0.126 e. The van der Waals surface area contributed by atoms with Gasteiger partial charge in [-0.1, -0.05) is 12.1 Å². The van der Waals surface area contributed by atoms with Crippen LogP contribution in [0, 0.1) is 0 Å². The van der Waals surface area contributed by atoms with Gasteiger partial charge in [-0.2, -0.15) is 0 Å². The van der Waals surface area contributed by atoms with Crippen molar-refractivity contribution in [2.45, 2.75) is 12.8 Å². The van der Waals surface area contributed by atoms with Crippen molar-refractivity contribution >= 4 is 10.8 Å². The first kappa shape index (κ1) is 10.9. The maximum absolute atomic E-state index is 5.52. The first-order valence-corrected chi connectivity index (χ1v) is 5.47. The molecule has 3 nitrogen and oxygen atoms in total. The second-order valence-electron chi connectivity index (χ2n) is 3.71. The van der Waals surface area contributed by atoms with Crippen LogP contribution < -0.4 is 10.5 Å². The summed E-state index contributed by atoms with van der Waals surface area (Å²) in [4.78, 5) is 4.41. The largest absolute Gasteiger partial charge is 0.496 e. The fourth-order valence-electron chi connectivity index (χ4n) is 1.89. The molecule has 2 N–H and O–H groups in total. The van der Waals surface area contributed by atoms with E-state index in [-0.39, 0.29) is 0 Å². The summed E-state index contributed by atoms with van der Waals surface area (Å²) >= 11 is 0. The van der Waals surface area contributed by atoms with Crippen molar-refractivity contribution in [3.8, 4) is 5.75 Å². The Morgan fingerprint density at radius 2 is 2.12 bits per heavy atom. The second kappa shape index (κ2) is 4.94. The topological polar surface area (TPSA) is 48.1 Å². The van der Waals surface area contributed by atoms with Gasteiger partial charge in [0.05, 0.1) is 7.11 Å². The van der Waals surface area contributed by atoms with Gasteiger partial charge in [0.2, 0.25) is 0 Å². The number of hydrogen-bond acceptors (Lipinski definition) is 3. The highest BCUT2D eigenvalue weighted by molar-refractivity contribution is 5.89. The number of nitrogens with zero attached hydrogens (tertiary/aromatic N) is 1. The van der Waals surface area contributed by atoms with Crippen molar-refractivity contribution in [1.82, 2.24) is 4.98 Å². The molecule has 84 valence electrons. The van der Waals surface area contributed by atoms with Gasteiger partial charge < -0.3 is 10.5 Å². The lowest BCUT2D eigenvalue weighted by Gasteiger charge is -2.08. The van der Waals surface area contributed by atoms with Crippen molar-refractivity contribution in [2.24, 2.45) is 5.73 Å². The second-order valence-corrected chi connectivity index (χ2v) is 3.71. The fourth-order valence-corrected chi connectivity index (χ4v) is 1.89. The molecule has 0 fully saturated rings. The Bertz CT molecular complexity index is 482. The van der Waals surface area contributed by atoms with Crippen molar-refractivity contribution in [3.63, 3.8) is 0 Å². The standard InChI is InChI=1S/C13H16N2O/c1-16-13-6-2-4-10-11(13)7-9-15-12(10)5-3-8-14/h2,4,6-7,9H,3,5,8,14H2,1H3. The summed E-state index contributed by atoms with van der Waals surface area (Å²) < 4.78 is 5.33. The van der Waals surface area contributed by atoms with Crippen molar-refractivity contribution in [3.05, 3.63) is 36.2 Å². The molecular formula is C13H16N2O. The Labute approximate surface area is 95.2 Å². The Morgan fingerprint density at radius 1 is 1.25 bits per heavy atom. The first-order chi connectivity index (χ1) is 7.86. The molecule has 0 saturated carbocycles. The number of aryl methyl sites for hydroxylation is 1. The van der Waals surface area contributed by atoms with E-state index in [0.717, 1.165) is 35.1 Å². The molecule has 0 aliphatic heterocycles. The Morgan fingerprint density at radius 3 is 2.88 bits per heavy atom. The Balaban J connectivity index is 2.51. The van der Waals surface area contributed by atoms with E-state index in [9.17, 15) is 0 Å². The monoisotopic (exact) mass is 216 g/mol. The minimum atomic E-state index is 0.696. The molecule has 2 rings (SSSR count). The molecule has 1 heterocycles. The Hall–Kier alpha value is -1.61. The van der Waals surface area contributed by atoms with Gasteiger partial charge in [-0.3, -0.25) is 4.98 Å². The van der Waals surface area contributed by atoms with Crippen LogP contribution in [0.4, 0.5) is 0 Å². The van der Waals surface area contributed by atoms with E-state index in [1.54, 1.807) is 7.11 Å². The molecule has 0 aliphatic carbocycles. The van der Waals surface area contributed by atoms with E-state index in [0.29, 0.717) is 6.54 Å². The number of aromatic nitrogens is 1. The normalized spacial score (nSPS) is 10.6. The maximum Gasteiger partial charge on any atom is 0.126 e. The van der Waals surface area contributed by atoms with Gasteiger partial charge in [-0.15, -0.1) is 0 Å². The average molecular weight is 216 g/mol. The molecule has 1 aromatic carbocycles. The molecule has 0 aliphatic rings. The SMILES string of the molecule is COc1cccc2c(CCCN)nccc12. The first-order valence-electron chi connectivity index (χ1n) is 5.47. The highest BCUT2D eigenvalue weighted by atomic mass is 16.5. The molecule has 3 heteroatoms. The van der Waals surface area contributed by atoms with E-state index in [4.69, 9.17) is 10.5 Å². The van der Waals surface area contributed by atoms with Gasteiger partial charge in [0.25, 0.3) is 0 Å². The highest BCUT2D eigenvalue weighted by Gasteiger charge is 2.05. The predicted octanol–water partition coefficient (Wildman–Crippen LogP) is 2.13. The fraction of sp³-hybridized carbons (Fsp3) is 0.308. The van der Waals surface area contributed by atoms with Crippen LogP contribution in [0.3, 0.4) is 0 Å². The zero-order chi connectivity index (χ0) is 11.4. The maximum atomic E-state index is 5.52. The molecule has 0 atom stereocenters. The van der Waals surface area contributed by atoms with E-state index in [1.807, 2.05) is 24.4 Å². The minimum Gasteiger partial charge on any atom is -0.496 e. The van der Waals surface area contributed by atoms with E-state index < -0.39 is 0 Å². The molecule has 0 amide bonds. The molecular weight excluding hydrogens is 200 g/mol. The molecule has 16 heavy (non-hydrogen) atoms. The van der Waals surface area contributed by atoms with Gasteiger partial charge in [0.15, 0.2) is 0 Å². The molecule has 0 spiro atoms. The molecule has 1 aromatic heterocycles. The van der Waals surface area contributed by atoms with E-state index >= 15 is 0 Å². The lowest BCUT2D eigenvalue weighted by molar-refractivity contribution is 0.420. The third-order valence-electron chi connectivity index (χ3n) is 2.69. The van der Waals surface area contributed by atoms with Gasteiger partial charge >= 0.3 is 0 Å². The number of hydrogen-bond donors (Lipinski definition) is 1. The number of nitrogens with two attached hydrogens (primary N) is 1. The van der Waals surface area contributed by atoms with Crippen LogP contribution in [0.5, 0.6) is 5.75 Å². The number of rotatable bonds is 4. The summed E-state index contributed by atoms with van der Waals surface area (Å²) in [5.74, 6) is 0.897. The Kier molecular flexibility index (Phi) is 3.37. The minimum absolute atomic E-state index is 0.696. The molecule has 0 saturated heterocycles. The van der Waals surface area contributed by atoms with E-state index in [2.05, 4.69) is 11.1 Å². The number of methoxy groups -OCH3 is 1. The summed E-state index contributed by atoms with van der Waals surface area (Å²) in [5, 5.41) is 2.28. The third kappa shape index (κ3) is 1.99. The van der Waals surface area contributed by atoms with Crippen LogP contribution in [0.2, 0.25) is 0 Å². The van der Waals surface area contributed by atoms with Gasteiger partial charge in [-0.05, 0) is 31.5 Å². The number of benzene rings is 1. The molecule has 0 unspecified atom stereocenters. The van der Waals surface area contributed by atoms with Gasteiger partial charge in [0.1, 0.15) is 5.75 Å². The van der Waals surface area contributed by atoms with Crippen LogP contribution in [-0.4, -0.2) is 18.6 Å². The summed E-state index contributed by atoms with van der Waals surface area (Å²) in [5.41, 5.74) is 6.62. The van der Waals surface area contributed by atoms with Crippen LogP contribution in [0.1, 0.15) is 12.1 Å². The highest BCUT2D eigenvalue weighted by Crippen LogP contribution is 2.26. The van der Waals surface area contributed by atoms with Crippen LogP contribution in [0.25, 0.3) is 10.8 Å². The zero-order valence-electron chi connectivity index (χ0n) is 9.44. The van der Waals surface area contributed by atoms with Gasteiger partial charge in [0, 0.05) is 22.7 Å². The number of fused-ring (bicyclic) bond motifs is 1. The van der Waals surface area contributed by atoms with Crippen molar-refractivity contribution in [1.29, 1.82) is 0 Å². The average Bonchev–Trinajstić information content (AvgIpc) is 2.35. The van der Waals surface area contributed by atoms with Crippen LogP contribution in [0.15, 0.2) is 30.5 Å². The summed E-state index contributed by atoms with van der Waals surface area (Å²) in [6.07, 6.45) is 3.71. The summed E-state index contributed by atoms with van der Waals surface area (Å²) in [6, 6.07) is 8.03. The zero-order valence-corrected chi connectivity index (χ0v) is 9.44. The molecule has 0 radical (unpaired) electrons. The quantitative estimate of drug-likeness (QED) is 0.851. The van der Waals surface area contributed by atoms with E-state index in [1.165, 1.54) is 0 Å². The predicted molar refractivity (Wildman–Crippen MR) is 65.7 cm³/mol. The number of pyridine rings is 1. The summed E-state index contributed by atoms with van der Waals surface area (Å²) in [6.45, 7) is 0.696. The van der Waals surface area contributed by atoms with Gasteiger partial charge in [-0.25, -0.2) is 0 Å². The lowest BCUT2D eigenvalue weighted by atomic mass is 10.1. The molecule has 0 bridgehead atoms. The van der Waals surface area contributed by atoms with Crippen LogP contribution in [-0.2, 0) is 6.42 Å². The summed E-state index contributed by atoms with van der Waals surface area (Å²) in [7, 11) is 1.69. The third-order valence-corrected chi connectivity index (χ3v) is 2.69. The molecule has 2 aromatic rings. The van der Waals surface area contributed by atoms with Crippen molar-refractivity contribution in [2.75, 3.05) is 13.7 Å². The number of ether oxygens (including phenoxy) is 1. The van der Waals surface area contributed by atoms with Crippen LogP contribution >= 0.6 is 0 Å². The van der Waals surface area contributed by atoms with Crippen molar-refractivity contribution < 1.29 is 4.74 Å². The lowest BCUT2D eigenvalue weighted by Crippen LogP contribution is -2.02.